The fourth-order valence-electron chi connectivity index (χ4n) is 1.07. The number of aliphatic hydroxyl groups is 1. The zero-order valence-electron chi connectivity index (χ0n) is 14.1. The number of imidazole rings is 1. The lowest BCUT2D eigenvalue weighted by molar-refractivity contribution is -0.144. The number of hydrogen-bond acceptors (Lipinski definition) is 9. The van der Waals surface area contributed by atoms with Crippen LogP contribution in [0.2, 0.25) is 0 Å². The number of nitrogens with one attached hydrogen (secondary N) is 1. The molecule has 0 aliphatic heterocycles. The van der Waals surface area contributed by atoms with Gasteiger partial charge in [0.05, 0.1) is 19.4 Å². The van der Waals surface area contributed by atoms with E-state index in [1.54, 1.807) is 6.20 Å². The zero-order chi connectivity index (χ0) is 21.6. The first-order chi connectivity index (χ1) is 12.4. The van der Waals surface area contributed by atoms with Gasteiger partial charge >= 0.3 is 23.9 Å². The third-order valence-corrected chi connectivity index (χ3v) is 2.54. The summed E-state index contributed by atoms with van der Waals surface area (Å²) in [5, 5.41) is 40.3. The molecule has 0 radical (unpaired) electrons. The Morgan fingerprint density at radius 3 is 1.63 bits per heavy atom. The van der Waals surface area contributed by atoms with Crippen LogP contribution < -0.4 is 17.2 Å². The largest absolute Gasteiger partial charge is 0.481 e. The SMILES string of the molecule is NC(CC(=O)O)C(=O)O.NC(CO)C(=O)O.NC(Cc1cnc[nH]1)C(=O)O. The van der Waals surface area contributed by atoms with E-state index in [-0.39, 0.29) is 6.42 Å². The van der Waals surface area contributed by atoms with Gasteiger partial charge in [-0.1, -0.05) is 0 Å². The number of nitrogens with two attached hydrogens (primary N) is 3. The van der Waals surface area contributed by atoms with Crippen LogP contribution in [0, 0.1) is 0 Å². The molecule has 3 unspecified atom stereocenters. The van der Waals surface area contributed by atoms with Crippen molar-refractivity contribution in [2.24, 2.45) is 17.2 Å². The lowest BCUT2D eigenvalue weighted by Gasteiger charge is -2.02. The molecular weight excluding hydrogens is 370 g/mol. The van der Waals surface area contributed by atoms with Gasteiger partial charge in [-0.2, -0.15) is 0 Å². The van der Waals surface area contributed by atoms with Crippen molar-refractivity contribution in [2.75, 3.05) is 6.61 Å². The first kappa shape index (κ1) is 26.2. The van der Waals surface area contributed by atoms with E-state index >= 15 is 0 Å². The van der Waals surface area contributed by atoms with Crippen molar-refractivity contribution in [2.45, 2.75) is 31.0 Å². The van der Waals surface area contributed by atoms with Crippen molar-refractivity contribution < 1.29 is 44.7 Å². The van der Waals surface area contributed by atoms with Gasteiger partial charge in [-0.3, -0.25) is 19.2 Å². The van der Waals surface area contributed by atoms with E-state index in [9.17, 15) is 19.2 Å². The van der Waals surface area contributed by atoms with Crippen LogP contribution in [-0.2, 0) is 25.6 Å². The molecule has 14 nitrogen and oxygen atoms in total. The van der Waals surface area contributed by atoms with E-state index in [4.69, 9.17) is 42.7 Å². The van der Waals surface area contributed by atoms with Crippen LogP contribution in [0.5, 0.6) is 0 Å². The van der Waals surface area contributed by atoms with Crippen molar-refractivity contribution in [3.05, 3.63) is 18.2 Å². The van der Waals surface area contributed by atoms with Gasteiger partial charge in [0.2, 0.25) is 0 Å². The minimum absolute atomic E-state index is 0.287. The Kier molecular flexibility index (Phi) is 13.7. The van der Waals surface area contributed by atoms with Gasteiger partial charge in [0.25, 0.3) is 0 Å². The number of aromatic amines is 1. The van der Waals surface area contributed by atoms with E-state index in [2.05, 4.69) is 9.97 Å². The van der Waals surface area contributed by atoms with E-state index in [0.29, 0.717) is 0 Å². The van der Waals surface area contributed by atoms with Crippen molar-refractivity contribution in [1.82, 2.24) is 9.97 Å². The number of aliphatic carboxylic acids is 4. The van der Waals surface area contributed by atoms with Crippen LogP contribution in [0.3, 0.4) is 0 Å². The standard InChI is InChI=1S/C6H9N3O2.C4H7NO4.C3H7NO3/c7-5(6(10)11)1-4-2-8-3-9-4;5-2(4(8)9)1-3(6)7;4-2(1-5)3(6)7/h2-3,5H,1,7H2,(H,8,9)(H,10,11);2H,1,5H2,(H,6,7)(H,8,9);2,5H,1,4H2,(H,6,7). The summed E-state index contributed by atoms with van der Waals surface area (Å²) in [4.78, 5) is 46.0. The molecule has 0 spiro atoms. The number of H-pyrrole nitrogens is 1. The molecule has 27 heavy (non-hydrogen) atoms. The first-order valence-electron chi connectivity index (χ1n) is 7.17. The van der Waals surface area contributed by atoms with E-state index in [1.165, 1.54) is 6.33 Å². The molecule has 0 aliphatic carbocycles. The fourth-order valence-corrected chi connectivity index (χ4v) is 1.07. The third kappa shape index (κ3) is 14.9. The quantitative estimate of drug-likeness (QED) is 0.209. The highest BCUT2D eigenvalue weighted by atomic mass is 16.4. The van der Waals surface area contributed by atoms with Gasteiger partial charge in [0.15, 0.2) is 0 Å². The maximum atomic E-state index is 10.3. The predicted molar refractivity (Wildman–Crippen MR) is 88.5 cm³/mol. The molecule has 0 bridgehead atoms. The second-order valence-electron chi connectivity index (χ2n) is 4.90. The molecule has 12 N–H and O–H groups in total. The van der Waals surface area contributed by atoms with Crippen molar-refractivity contribution in [1.29, 1.82) is 0 Å². The molecule has 0 aromatic carbocycles. The van der Waals surface area contributed by atoms with Crippen molar-refractivity contribution >= 4 is 23.9 Å². The maximum Gasteiger partial charge on any atom is 0.322 e. The Morgan fingerprint density at radius 1 is 0.926 bits per heavy atom. The molecule has 0 amide bonds. The molecule has 14 heteroatoms. The average Bonchev–Trinajstić information content (AvgIpc) is 3.07. The summed E-state index contributed by atoms with van der Waals surface area (Å²) < 4.78 is 0. The summed E-state index contributed by atoms with van der Waals surface area (Å²) in [6.45, 7) is -0.505. The van der Waals surface area contributed by atoms with Crippen molar-refractivity contribution in [3.8, 4) is 0 Å². The van der Waals surface area contributed by atoms with Gasteiger partial charge in [-0.05, 0) is 0 Å². The van der Waals surface area contributed by atoms with Gasteiger partial charge in [-0.25, -0.2) is 4.98 Å². The van der Waals surface area contributed by atoms with Gasteiger partial charge in [0.1, 0.15) is 18.1 Å². The Morgan fingerprint density at radius 2 is 1.41 bits per heavy atom. The number of aliphatic hydroxyl groups excluding tert-OH is 1. The second kappa shape index (κ2) is 14.1. The van der Waals surface area contributed by atoms with Gasteiger partial charge in [-0.15, -0.1) is 0 Å². The lowest BCUT2D eigenvalue weighted by Crippen LogP contribution is -2.33. The molecule has 1 aromatic rings. The summed E-state index contributed by atoms with van der Waals surface area (Å²) in [5.74, 6) is -4.68. The molecule has 1 rings (SSSR count). The smallest absolute Gasteiger partial charge is 0.322 e. The van der Waals surface area contributed by atoms with Crippen LogP contribution in [0.4, 0.5) is 0 Å². The highest BCUT2D eigenvalue weighted by molar-refractivity contribution is 5.80. The Hall–Kier alpha value is -3.07. The number of nitrogens with zero attached hydrogens (tertiary/aromatic N) is 1. The molecule has 154 valence electrons. The number of rotatable bonds is 8. The predicted octanol–water partition coefficient (Wildman–Crippen LogP) is -3.37. The van der Waals surface area contributed by atoms with Crippen LogP contribution in [0.15, 0.2) is 12.5 Å². The van der Waals surface area contributed by atoms with Crippen LogP contribution in [-0.4, -0.2) is 84.1 Å². The Balaban J connectivity index is 0. The molecule has 1 aromatic heterocycles. The summed E-state index contributed by atoms with van der Waals surface area (Å²) in [6, 6.07) is -3.27. The van der Waals surface area contributed by atoms with Crippen molar-refractivity contribution in [3.63, 3.8) is 0 Å². The number of hydrogen-bond donors (Lipinski definition) is 9. The third-order valence-electron chi connectivity index (χ3n) is 2.54. The first-order valence-corrected chi connectivity index (χ1v) is 7.17. The molecule has 0 fully saturated rings. The highest BCUT2D eigenvalue weighted by Crippen LogP contribution is 1.95. The minimum Gasteiger partial charge on any atom is -0.481 e. The maximum absolute atomic E-state index is 10.3. The lowest BCUT2D eigenvalue weighted by atomic mass is 10.2. The molecular formula is C13H23N5O9. The highest BCUT2D eigenvalue weighted by Gasteiger charge is 2.14. The molecule has 1 heterocycles. The summed E-state index contributed by atoms with van der Waals surface area (Å²) in [7, 11) is 0. The summed E-state index contributed by atoms with van der Waals surface area (Å²) in [5.41, 5.74) is 15.6. The number of carboxylic acid groups (broad SMARTS) is 4. The van der Waals surface area contributed by atoms with Gasteiger partial charge < -0.3 is 47.7 Å². The Bertz CT molecular complexity index is 593. The number of carboxylic acids is 4. The molecule has 0 aliphatic rings. The fraction of sp³-hybridized carbons (Fsp3) is 0.462. The van der Waals surface area contributed by atoms with E-state index in [0.717, 1.165) is 5.69 Å². The summed E-state index contributed by atoms with van der Waals surface area (Å²) in [6.07, 6.45) is 2.80. The molecule has 3 atom stereocenters. The second-order valence-corrected chi connectivity index (χ2v) is 4.90. The minimum atomic E-state index is -1.29. The monoisotopic (exact) mass is 393 g/mol. The average molecular weight is 393 g/mol. The zero-order valence-corrected chi connectivity index (χ0v) is 14.1. The van der Waals surface area contributed by atoms with Crippen LogP contribution in [0.1, 0.15) is 12.1 Å². The molecule has 0 saturated carbocycles. The number of carbonyl (C=O) groups is 4. The topological polar surface area (TPSA) is 276 Å². The van der Waals surface area contributed by atoms with E-state index < -0.39 is 55.0 Å². The summed E-state index contributed by atoms with van der Waals surface area (Å²) >= 11 is 0. The van der Waals surface area contributed by atoms with Crippen LogP contribution >= 0.6 is 0 Å². The molecule has 0 saturated heterocycles. The Labute approximate surface area is 152 Å². The van der Waals surface area contributed by atoms with E-state index in [1.807, 2.05) is 0 Å². The number of aromatic nitrogens is 2. The van der Waals surface area contributed by atoms with Crippen LogP contribution in [0.25, 0.3) is 0 Å². The van der Waals surface area contributed by atoms with Gasteiger partial charge in [0, 0.05) is 18.3 Å². The normalized spacial score (nSPS) is 12.9.